The first kappa shape index (κ1) is 13.5. The third-order valence-corrected chi connectivity index (χ3v) is 3.04. The molecule has 0 bridgehead atoms. The zero-order valence-electron chi connectivity index (χ0n) is 9.94. The lowest BCUT2D eigenvalue weighted by Gasteiger charge is -2.04. The second-order valence-electron chi connectivity index (χ2n) is 3.99. The highest BCUT2D eigenvalue weighted by Crippen LogP contribution is 2.17. The van der Waals surface area contributed by atoms with Gasteiger partial charge < -0.3 is 11.1 Å². The van der Waals surface area contributed by atoms with Crippen molar-refractivity contribution >= 4 is 27.5 Å². The largest absolute Gasteiger partial charge is 0.378 e. The van der Waals surface area contributed by atoms with Gasteiger partial charge in [0.05, 0.1) is 16.4 Å². The van der Waals surface area contributed by atoms with Crippen LogP contribution in [0.1, 0.15) is 5.56 Å². The van der Waals surface area contributed by atoms with Gasteiger partial charge in [-0.2, -0.15) is 5.10 Å². The van der Waals surface area contributed by atoms with E-state index in [1.54, 1.807) is 24.5 Å². The van der Waals surface area contributed by atoms with Gasteiger partial charge in [-0.15, -0.1) is 0 Å². The highest BCUT2D eigenvalue weighted by atomic mass is 79.9. The molecular formula is C12H12BrFN4O. The molecule has 0 atom stereocenters. The number of carbonyl (C=O) groups is 1. The first-order valence-corrected chi connectivity index (χ1v) is 6.32. The Morgan fingerprint density at radius 2 is 2.32 bits per heavy atom. The third-order valence-electron chi connectivity index (χ3n) is 2.43. The number of nitrogens with one attached hydrogen (secondary N) is 1. The van der Waals surface area contributed by atoms with E-state index in [1.807, 2.05) is 0 Å². The van der Waals surface area contributed by atoms with E-state index in [-0.39, 0.29) is 12.4 Å². The number of hydrogen-bond donors (Lipinski definition) is 2. The molecule has 0 aliphatic rings. The van der Waals surface area contributed by atoms with Gasteiger partial charge in [-0.1, -0.05) is 6.07 Å². The van der Waals surface area contributed by atoms with Crippen molar-refractivity contribution < 1.29 is 9.18 Å². The van der Waals surface area contributed by atoms with Crippen LogP contribution < -0.4 is 11.1 Å². The molecule has 0 fully saturated rings. The predicted octanol–water partition coefficient (Wildman–Crippen LogP) is 1.88. The molecule has 3 N–H and O–H groups in total. The lowest BCUT2D eigenvalue weighted by Crippen LogP contribution is -2.18. The van der Waals surface area contributed by atoms with E-state index in [2.05, 4.69) is 26.3 Å². The van der Waals surface area contributed by atoms with Crippen molar-refractivity contribution in [2.45, 2.75) is 13.1 Å². The maximum atomic E-state index is 13.1. The van der Waals surface area contributed by atoms with Gasteiger partial charge in [-0.05, 0) is 33.6 Å². The van der Waals surface area contributed by atoms with Crippen LogP contribution in [-0.2, 0) is 17.9 Å². The Bertz CT molecular complexity index is 599. The molecule has 1 aromatic carbocycles. The Morgan fingerprint density at radius 1 is 1.53 bits per heavy atom. The number of nitrogens with two attached hydrogens (primary N) is 1. The van der Waals surface area contributed by atoms with Crippen LogP contribution in [0.5, 0.6) is 0 Å². The van der Waals surface area contributed by atoms with Crippen LogP contribution in [0.4, 0.5) is 10.1 Å². The van der Waals surface area contributed by atoms with Crippen molar-refractivity contribution in [2.24, 2.45) is 5.73 Å². The summed E-state index contributed by atoms with van der Waals surface area (Å²) >= 11 is 3.13. The van der Waals surface area contributed by atoms with Crippen LogP contribution in [0.3, 0.4) is 0 Å². The summed E-state index contributed by atoms with van der Waals surface area (Å²) in [4.78, 5) is 10.7. The summed E-state index contributed by atoms with van der Waals surface area (Å²) in [5.74, 6) is -0.741. The SMILES string of the molecule is NC(=O)Cn1cc(NCc2ccc(F)c(Br)c2)cn1. The minimum absolute atomic E-state index is 0.0454. The monoisotopic (exact) mass is 326 g/mol. The van der Waals surface area contributed by atoms with E-state index in [0.29, 0.717) is 11.0 Å². The fourth-order valence-electron chi connectivity index (χ4n) is 1.55. The van der Waals surface area contributed by atoms with Crippen molar-refractivity contribution in [3.8, 4) is 0 Å². The molecule has 5 nitrogen and oxygen atoms in total. The quantitative estimate of drug-likeness (QED) is 0.881. The van der Waals surface area contributed by atoms with Gasteiger partial charge in [0.2, 0.25) is 5.91 Å². The van der Waals surface area contributed by atoms with Crippen molar-refractivity contribution in [3.05, 3.63) is 46.4 Å². The van der Waals surface area contributed by atoms with Gasteiger partial charge in [0, 0.05) is 12.7 Å². The van der Waals surface area contributed by atoms with Crippen LogP contribution >= 0.6 is 15.9 Å². The molecule has 1 amide bonds. The lowest BCUT2D eigenvalue weighted by molar-refractivity contribution is -0.118. The molecule has 1 aromatic heterocycles. The standard InChI is InChI=1S/C12H12BrFN4O/c13-10-3-8(1-2-11(10)14)4-16-9-5-17-18(6-9)7-12(15)19/h1-3,5-6,16H,4,7H2,(H2,15,19). The van der Waals surface area contributed by atoms with E-state index < -0.39 is 5.91 Å². The van der Waals surface area contributed by atoms with Crippen molar-refractivity contribution in [1.29, 1.82) is 0 Å². The maximum Gasteiger partial charge on any atom is 0.239 e. The number of benzene rings is 1. The smallest absolute Gasteiger partial charge is 0.239 e. The molecule has 19 heavy (non-hydrogen) atoms. The van der Waals surface area contributed by atoms with Gasteiger partial charge in [-0.25, -0.2) is 4.39 Å². The van der Waals surface area contributed by atoms with Crippen molar-refractivity contribution in [3.63, 3.8) is 0 Å². The van der Waals surface area contributed by atoms with Crippen molar-refractivity contribution in [2.75, 3.05) is 5.32 Å². The van der Waals surface area contributed by atoms with Gasteiger partial charge in [0.25, 0.3) is 0 Å². The normalized spacial score (nSPS) is 10.4. The summed E-state index contributed by atoms with van der Waals surface area (Å²) in [5, 5.41) is 7.11. The number of hydrogen-bond acceptors (Lipinski definition) is 3. The van der Waals surface area contributed by atoms with E-state index in [0.717, 1.165) is 11.3 Å². The second kappa shape index (κ2) is 5.83. The number of anilines is 1. The molecule has 0 saturated carbocycles. The number of amides is 1. The molecule has 0 radical (unpaired) electrons. The zero-order valence-corrected chi connectivity index (χ0v) is 11.5. The topological polar surface area (TPSA) is 72.9 Å². The molecule has 0 saturated heterocycles. The molecule has 1 heterocycles. The Hall–Kier alpha value is -1.89. The summed E-state index contributed by atoms with van der Waals surface area (Å²) < 4.78 is 14.9. The number of carbonyl (C=O) groups excluding carboxylic acids is 1. The molecule has 0 unspecified atom stereocenters. The van der Waals surface area contributed by atoms with Crippen LogP contribution in [0.25, 0.3) is 0 Å². The number of halogens is 2. The second-order valence-corrected chi connectivity index (χ2v) is 4.85. The number of nitrogens with zero attached hydrogens (tertiary/aromatic N) is 2. The van der Waals surface area contributed by atoms with E-state index in [9.17, 15) is 9.18 Å². The Kier molecular flexibility index (Phi) is 4.16. The van der Waals surface area contributed by atoms with E-state index in [1.165, 1.54) is 10.7 Å². The van der Waals surface area contributed by atoms with Gasteiger partial charge in [0.15, 0.2) is 0 Å². The zero-order chi connectivity index (χ0) is 13.8. The number of rotatable bonds is 5. The molecule has 2 rings (SSSR count). The van der Waals surface area contributed by atoms with Gasteiger partial charge in [-0.3, -0.25) is 9.48 Å². The van der Waals surface area contributed by atoms with Crippen LogP contribution in [0, 0.1) is 5.82 Å². The van der Waals surface area contributed by atoms with Gasteiger partial charge >= 0.3 is 0 Å². The van der Waals surface area contributed by atoms with Crippen LogP contribution in [-0.4, -0.2) is 15.7 Å². The molecule has 2 aromatic rings. The number of aromatic nitrogens is 2. The number of primary amides is 1. The molecule has 100 valence electrons. The third kappa shape index (κ3) is 3.78. The first-order chi connectivity index (χ1) is 9.04. The minimum atomic E-state index is -0.447. The summed E-state index contributed by atoms with van der Waals surface area (Å²) in [6, 6.07) is 4.80. The molecule has 0 aliphatic carbocycles. The summed E-state index contributed by atoms with van der Waals surface area (Å²) in [7, 11) is 0. The summed E-state index contributed by atoms with van der Waals surface area (Å²) in [5.41, 5.74) is 6.76. The minimum Gasteiger partial charge on any atom is -0.378 e. The van der Waals surface area contributed by atoms with Crippen LogP contribution in [0.2, 0.25) is 0 Å². The van der Waals surface area contributed by atoms with E-state index >= 15 is 0 Å². The van der Waals surface area contributed by atoms with Crippen molar-refractivity contribution in [1.82, 2.24) is 9.78 Å². The Morgan fingerprint density at radius 3 is 3.00 bits per heavy atom. The van der Waals surface area contributed by atoms with Crippen LogP contribution in [0.15, 0.2) is 35.1 Å². The maximum absolute atomic E-state index is 13.1. The highest BCUT2D eigenvalue weighted by Gasteiger charge is 2.03. The fraction of sp³-hybridized carbons (Fsp3) is 0.167. The highest BCUT2D eigenvalue weighted by molar-refractivity contribution is 9.10. The van der Waals surface area contributed by atoms with Gasteiger partial charge in [0.1, 0.15) is 12.4 Å². The summed E-state index contributed by atoms with van der Waals surface area (Å²) in [6.07, 6.45) is 3.28. The fourth-order valence-corrected chi connectivity index (χ4v) is 1.98. The Balaban J connectivity index is 1.96. The molecule has 7 heteroatoms. The first-order valence-electron chi connectivity index (χ1n) is 5.53. The molecule has 0 aliphatic heterocycles. The predicted molar refractivity (Wildman–Crippen MR) is 72.8 cm³/mol. The average molecular weight is 327 g/mol. The molecule has 0 spiro atoms. The van der Waals surface area contributed by atoms with E-state index in [4.69, 9.17) is 5.73 Å². The average Bonchev–Trinajstić information content (AvgIpc) is 2.77. The molecular weight excluding hydrogens is 315 g/mol. The lowest BCUT2D eigenvalue weighted by atomic mass is 10.2. The summed E-state index contributed by atoms with van der Waals surface area (Å²) in [6.45, 7) is 0.574. The Labute approximate surface area is 117 Å².